The summed E-state index contributed by atoms with van der Waals surface area (Å²) in [6.07, 6.45) is 1.20. The van der Waals surface area contributed by atoms with Gasteiger partial charge >= 0.3 is 5.97 Å². The zero-order valence-corrected chi connectivity index (χ0v) is 23.6. The zero-order valence-electron chi connectivity index (χ0n) is 23.6. The van der Waals surface area contributed by atoms with Crippen LogP contribution in [0, 0.1) is 0 Å². The van der Waals surface area contributed by atoms with Gasteiger partial charge in [0.1, 0.15) is 29.6 Å². The third-order valence-electron chi connectivity index (χ3n) is 7.46. The van der Waals surface area contributed by atoms with Crippen molar-refractivity contribution in [2.45, 2.75) is 56.3 Å². The Morgan fingerprint density at radius 1 is 0.767 bits per heavy atom. The molecule has 11 nitrogen and oxygen atoms in total. The van der Waals surface area contributed by atoms with Gasteiger partial charge in [0.25, 0.3) is 0 Å². The van der Waals surface area contributed by atoms with E-state index in [1.165, 1.54) is 29.2 Å². The number of benzene rings is 3. The Balaban J connectivity index is 1.49. The summed E-state index contributed by atoms with van der Waals surface area (Å²) in [4.78, 5) is 53.7. The summed E-state index contributed by atoms with van der Waals surface area (Å²) in [5.74, 6) is -2.70. The lowest BCUT2D eigenvalue weighted by atomic mass is 10.0. The van der Waals surface area contributed by atoms with E-state index in [1.807, 2.05) is 6.07 Å². The molecule has 0 aromatic heterocycles. The predicted octanol–water partition coefficient (Wildman–Crippen LogP) is 1.50. The first-order valence-electron chi connectivity index (χ1n) is 14.1. The Labute approximate surface area is 249 Å². The van der Waals surface area contributed by atoms with Gasteiger partial charge in [0.2, 0.25) is 17.7 Å². The quantitative estimate of drug-likeness (QED) is 0.184. The molecule has 1 aliphatic heterocycles. The lowest BCUT2D eigenvalue weighted by Crippen LogP contribution is -2.57. The molecule has 4 rings (SSSR count). The molecule has 43 heavy (non-hydrogen) atoms. The zero-order chi connectivity index (χ0) is 30.9. The van der Waals surface area contributed by atoms with Crippen molar-refractivity contribution >= 4 is 23.7 Å². The summed E-state index contributed by atoms with van der Waals surface area (Å²) in [5, 5.41) is 34.3. The van der Waals surface area contributed by atoms with E-state index in [0.29, 0.717) is 18.4 Å². The summed E-state index contributed by atoms with van der Waals surface area (Å²) in [6.45, 7) is 0.259. The van der Waals surface area contributed by atoms with E-state index in [1.54, 1.807) is 48.5 Å². The van der Waals surface area contributed by atoms with E-state index < -0.39 is 47.9 Å². The maximum atomic E-state index is 13.9. The smallest absolute Gasteiger partial charge is 0.326 e. The number of amides is 3. The Morgan fingerprint density at radius 2 is 1.30 bits per heavy atom. The van der Waals surface area contributed by atoms with Crippen LogP contribution in [0.2, 0.25) is 0 Å². The molecule has 1 heterocycles. The van der Waals surface area contributed by atoms with Crippen LogP contribution in [-0.2, 0) is 38.4 Å². The summed E-state index contributed by atoms with van der Waals surface area (Å²) < 4.78 is 0. The molecule has 1 fully saturated rings. The van der Waals surface area contributed by atoms with E-state index in [0.717, 1.165) is 11.1 Å². The second kappa shape index (κ2) is 14.3. The standard InChI is InChI=1S/C32H36N4O7/c33-25(17-21-8-12-23(37)13-9-21)29(39)34-26(18-22-10-14-24(38)15-11-22)31(41)36-16-4-7-28(36)30(40)35-27(32(42)43)19-20-5-2-1-3-6-20/h1-3,5-6,8-15,25-28,37-38H,4,7,16-19,33H2,(H,34,39)(H,35,40)(H,42,43). The number of nitrogens with zero attached hydrogens (tertiary/aromatic N) is 1. The number of carboxylic acid groups (broad SMARTS) is 1. The van der Waals surface area contributed by atoms with Crippen molar-refractivity contribution in [3.05, 3.63) is 95.6 Å². The first-order valence-corrected chi connectivity index (χ1v) is 14.1. The van der Waals surface area contributed by atoms with Gasteiger partial charge in [0, 0.05) is 19.4 Å². The van der Waals surface area contributed by atoms with Gasteiger partial charge in [-0.2, -0.15) is 0 Å². The van der Waals surface area contributed by atoms with Crippen molar-refractivity contribution in [1.82, 2.24) is 15.5 Å². The van der Waals surface area contributed by atoms with Crippen molar-refractivity contribution < 1.29 is 34.5 Å². The molecule has 7 N–H and O–H groups in total. The Bertz CT molecular complexity index is 1410. The summed E-state index contributed by atoms with van der Waals surface area (Å²) in [7, 11) is 0. The fourth-order valence-corrected chi connectivity index (χ4v) is 5.15. The molecule has 1 aliphatic rings. The number of aliphatic carboxylic acids is 1. The van der Waals surface area contributed by atoms with Crippen molar-refractivity contribution in [2.75, 3.05) is 6.54 Å². The molecule has 0 saturated carbocycles. The second-order valence-corrected chi connectivity index (χ2v) is 10.7. The van der Waals surface area contributed by atoms with Crippen LogP contribution in [0.3, 0.4) is 0 Å². The van der Waals surface area contributed by atoms with Crippen LogP contribution in [0.15, 0.2) is 78.9 Å². The van der Waals surface area contributed by atoms with Crippen molar-refractivity contribution in [1.29, 1.82) is 0 Å². The number of phenols is 2. The van der Waals surface area contributed by atoms with Gasteiger partial charge in [0.15, 0.2) is 0 Å². The highest BCUT2D eigenvalue weighted by atomic mass is 16.4. The van der Waals surface area contributed by atoms with Gasteiger partial charge in [-0.25, -0.2) is 4.79 Å². The molecule has 3 amide bonds. The maximum Gasteiger partial charge on any atom is 0.326 e. The van der Waals surface area contributed by atoms with Crippen molar-refractivity contribution in [3.8, 4) is 11.5 Å². The topological polar surface area (TPSA) is 182 Å². The number of nitrogens with two attached hydrogens (primary N) is 1. The molecule has 0 spiro atoms. The molecule has 0 radical (unpaired) electrons. The van der Waals surface area contributed by atoms with Gasteiger partial charge in [-0.05, 0) is 60.2 Å². The fraction of sp³-hybridized carbons (Fsp3) is 0.312. The average molecular weight is 589 g/mol. The maximum absolute atomic E-state index is 13.9. The molecule has 0 aliphatic carbocycles. The summed E-state index contributed by atoms with van der Waals surface area (Å²) in [5.41, 5.74) is 8.31. The van der Waals surface area contributed by atoms with E-state index in [2.05, 4.69) is 10.6 Å². The molecular weight excluding hydrogens is 552 g/mol. The largest absolute Gasteiger partial charge is 0.508 e. The van der Waals surface area contributed by atoms with Gasteiger partial charge in [-0.3, -0.25) is 14.4 Å². The number of aromatic hydroxyl groups is 2. The van der Waals surface area contributed by atoms with Crippen molar-refractivity contribution in [2.24, 2.45) is 5.73 Å². The summed E-state index contributed by atoms with van der Waals surface area (Å²) in [6, 6.07) is 17.3. The van der Waals surface area contributed by atoms with Gasteiger partial charge in [-0.1, -0.05) is 54.6 Å². The Kier molecular flexibility index (Phi) is 10.3. The minimum atomic E-state index is -1.19. The number of carbonyl (C=O) groups is 4. The average Bonchev–Trinajstić information content (AvgIpc) is 3.49. The Hall–Kier alpha value is -4.90. The van der Waals surface area contributed by atoms with Crippen molar-refractivity contribution in [3.63, 3.8) is 0 Å². The molecule has 1 saturated heterocycles. The molecular formula is C32H36N4O7. The SMILES string of the molecule is NC(Cc1ccc(O)cc1)C(=O)NC(Cc1ccc(O)cc1)C(=O)N1CCCC1C(=O)NC(Cc1ccccc1)C(=O)O. The van der Waals surface area contributed by atoms with Gasteiger partial charge in [-0.15, -0.1) is 0 Å². The number of carboxylic acids is 1. The molecule has 0 bridgehead atoms. The third kappa shape index (κ3) is 8.55. The van der Waals surface area contributed by atoms with E-state index in [-0.39, 0.29) is 37.3 Å². The second-order valence-electron chi connectivity index (χ2n) is 10.7. The van der Waals surface area contributed by atoms with E-state index >= 15 is 0 Å². The predicted molar refractivity (Wildman–Crippen MR) is 158 cm³/mol. The number of likely N-dealkylation sites (tertiary alicyclic amines) is 1. The minimum Gasteiger partial charge on any atom is -0.508 e. The lowest BCUT2D eigenvalue weighted by Gasteiger charge is -2.30. The number of phenolic OH excluding ortho intramolecular Hbond substituents is 2. The number of carbonyl (C=O) groups excluding carboxylic acids is 3. The molecule has 3 aromatic rings. The minimum absolute atomic E-state index is 0.0475. The fourth-order valence-electron chi connectivity index (χ4n) is 5.15. The first-order chi connectivity index (χ1) is 20.6. The highest BCUT2D eigenvalue weighted by Crippen LogP contribution is 2.21. The first kappa shape index (κ1) is 31.0. The highest BCUT2D eigenvalue weighted by Gasteiger charge is 2.39. The monoisotopic (exact) mass is 588 g/mol. The van der Waals surface area contributed by atoms with Crippen LogP contribution in [0.25, 0.3) is 0 Å². The molecule has 4 unspecified atom stereocenters. The number of nitrogens with one attached hydrogen (secondary N) is 2. The highest BCUT2D eigenvalue weighted by molar-refractivity contribution is 5.94. The normalized spacial score (nSPS) is 16.6. The number of hydrogen-bond donors (Lipinski definition) is 6. The van der Waals surface area contributed by atoms with E-state index in [9.17, 15) is 34.5 Å². The van der Waals surface area contributed by atoms with Crippen LogP contribution in [0.1, 0.15) is 29.5 Å². The van der Waals surface area contributed by atoms with Crippen LogP contribution in [0.5, 0.6) is 11.5 Å². The molecule has 226 valence electrons. The lowest BCUT2D eigenvalue weighted by molar-refractivity contribution is -0.144. The van der Waals surface area contributed by atoms with Crippen LogP contribution >= 0.6 is 0 Å². The summed E-state index contributed by atoms with van der Waals surface area (Å²) >= 11 is 0. The Morgan fingerprint density at radius 3 is 1.88 bits per heavy atom. The van der Waals surface area contributed by atoms with Crippen LogP contribution in [0.4, 0.5) is 0 Å². The molecule has 3 aromatic carbocycles. The number of hydrogen-bond acceptors (Lipinski definition) is 7. The van der Waals surface area contributed by atoms with E-state index in [4.69, 9.17) is 5.73 Å². The van der Waals surface area contributed by atoms with Crippen LogP contribution < -0.4 is 16.4 Å². The molecule has 4 atom stereocenters. The van der Waals surface area contributed by atoms with Gasteiger partial charge in [0.05, 0.1) is 6.04 Å². The number of rotatable bonds is 12. The molecule has 11 heteroatoms. The van der Waals surface area contributed by atoms with Crippen LogP contribution in [-0.4, -0.2) is 74.6 Å². The van der Waals surface area contributed by atoms with Gasteiger partial charge < -0.3 is 36.6 Å². The third-order valence-corrected chi connectivity index (χ3v) is 7.46.